The first kappa shape index (κ1) is 14.3. The average molecular weight is 274 g/mol. The van der Waals surface area contributed by atoms with Crippen LogP contribution in [0.15, 0.2) is 24.3 Å². The number of aliphatic hydroxyl groups excluding tert-OH is 1. The second kappa shape index (κ2) is 5.51. The van der Waals surface area contributed by atoms with Crippen molar-refractivity contribution in [2.24, 2.45) is 5.92 Å². The van der Waals surface area contributed by atoms with E-state index in [9.17, 15) is 18.3 Å². The summed E-state index contributed by atoms with van der Waals surface area (Å²) in [4.78, 5) is 0. The standard InChI is InChI=1S/C14H17F3O2/c1-9-12(6-7-19-9)13(18)8-10-2-4-11(5-3-10)14(15,16)17/h2-5,9,12-13,18H,6-8H2,1H3. The molecule has 1 aliphatic heterocycles. The maximum absolute atomic E-state index is 12.4. The Bertz CT molecular complexity index is 414. The van der Waals surface area contributed by atoms with Gasteiger partial charge in [-0.05, 0) is 37.5 Å². The second-order valence-electron chi connectivity index (χ2n) is 4.99. The van der Waals surface area contributed by atoms with Crippen LogP contribution in [-0.2, 0) is 17.3 Å². The van der Waals surface area contributed by atoms with E-state index in [0.29, 0.717) is 18.6 Å². The largest absolute Gasteiger partial charge is 0.416 e. The lowest BCUT2D eigenvalue weighted by molar-refractivity contribution is -0.137. The minimum Gasteiger partial charge on any atom is -0.392 e. The average Bonchev–Trinajstić information content (AvgIpc) is 2.75. The van der Waals surface area contributed by atoms with Gasteiger partial charge in [0, 0.05) is 12.5 Å². The zero-order valence-corrected chi connectivity index (χ0v) is 10.7. The quantitative estimate of drug-likeness (QED) is 0.918. The first-order chi connectivity index (χ1) is 8.88. The molecule has 2 rings (SSSR count). The predicted octanol–water partition coefficient (Wildman–Crippen LogP) is 3.03. The number of alkyl halides is 3. The minimum absolute atomic E-state index is 0.00412. The molecule has 1 fully saturated rings. The summed E-state index contributed by atoms with van der Waals surface area (Å²) < 4.78 is 42.6. The van der Waals surface area contributed by atoms with Gasteiger partial charge in [0.1, 0.15) is 0 Å². The Kier molecular flexibility index (Phi) is 4.16. The van der Waals surface area contributed by atoms with E-state index in [1.807, 2.05) is 6.92 Å². The number of aliphatic hydroxyl groups is 1. The molecule has 1 saturated heterocycles. The van der Waals surface area contributed by atoms with Crippen molar-refractivity contribution in [3.05, 3.63) is 35.4 Å². The SMILES string of the molecule is CC1OCCC1C(O)Cc1ccc(C(F)(F)F)cc1. The molecule has 1 N–H and O–H groups in total. The molecule has 0 bridgehead atoms. The lowest BCUT2D eigenvalue weighted by atomic mass is 9.91. The fourth-order valence-corrected chi connectivity index (χ4v) is 2.48. The fraction of sp³-hybridized carbons (Fsp3) is 0.571. The molecule has 1 heterocycles. The molecule has 19 heavy (non-hydrogen) atoms. The number of rotatable bonds is 3. The van der Waals surface area contributed by atoms with E-state index in [2.05, 4.69) is 0 Å². The van der Waals surface area contributed by atoms with Crippen molar-refractivity contribution in [1.82, 2.24) is 0 Å². The van der Waals surface area contributed by atoms with E-state index in [1.165, 1.54) is 12.1 Å². The third-order valence-corrected chi connectivity index (χ3v) is 3.66. The van der Waals surface area contributed by atoms with Gasteiger partial charge in [0.25, 0.3) is 0 Å². The molecule has 3 atom stereocenters. The molecular weight excluding hydrogens is 257 g/mol. The molecule has 0 amide bonds. The third kappa shape index (κ3) is 3.48. The highest BCUT2D eigenvalue weighted by Crippen LogP contribution is 2.30. The molecule has 1 aromatic rings. The Balaban J connectivity index is 1.99. The summed E-state index contributed by atoms with van der Waals surface area (Å²) in [5, 5.41) is 10.1. The first-order valence-electron chi connectivity index (χ1n) is 6.33. The van der Waals surface area contributed by atoms with Gasteiger partial charge in [-0.1, -0.05) is 12.1 Å². The maximum atomic E-state index is 12.4. The van der Waals surface area contributed by atoms with Crippen LogP contribution in [-0.4, -0.2) is 23.9 Å². The summed E-state index contributed by atoms with van der Waals surface area (Å²) in [7, 11) is 0. The molecule has 0 spiro atoms. The van der Waals surface area contributed by atoms with E-state index >= 15 is 0 Å². The van der Waals surface area contributed by atoms with Crippen molar-refractivity contribution in [2.75, 3.05) is 6.61 Å². The van der Waals surface area contributed by atoms with Crippen LogP contribution in [0.2, 0.25) is 0 Å². The van der Waals surface area contributed by atoms with Crippen LogP contribution in [0.5, 0.6) is 0 Å². The topological polar surface area (TPSA) is 29.5 Å². The molecule has 2 nitrogen and oxygen atoms in total. The Morgan fingerprint density at radius 3 is 2.42 bits per heavy atom. The molecule has 5 heteroatoms. The van der Waals surface area contributed by atoms with E-state index in [1.54, 1.807) is 0 Å². The van der Waals surface area contributed by atoms with Gasteiger partial charge < -0.3 is 9.84 Å². The van der Waals surface area contributed by atoms with Crippen LogP contribution in [0.3, 0.4) is 0 Å². The Morgan fingerprint density at radius 1 is 1.32 bits per heavy atom. The lowest BCUT2D eigenvalue weighted by Crippen LogP contribution is -2.28. The van der Waals surface area contributed by atoms with Crippen LogP contribution < -0.4 is 0 Å². The molecule has 3 unspecified atom stereocenters. The van der Waals surface area contributed by atoms with E-state index < -0.39 is 17.8 Å². The van der Waals surface area contributed by atoms with Crippen molar-refractivity contribution in [3.63, 3.8) is 0 Å². The molecule has 106 valence electrons. The van der Waals surface area contributed by atoms with Gasteiger partial charge in [-0.3, -0.25) is 0 Å². The number of benzene rings is 1. The summed E-state index contributed by atoms with van der Waals surface area (Å²) in [6, 6.07) is 4.95. The molecule has 0 saturated carbocycles. The van der Waals surface area contributed by atoms with E-state index in [0.717, 1.165) is 18.6 Å². The van der Waals surface area contributed by atoms with Crippen LogP contribution in [0.1, 0.15) is 24.5 Å². The van der Waals surface area contributed by atoms with E-state index in [-0.39, 0.29) is 12.0 Å². The van der Waals surface area contributed by atoms with Gasteiger partial charge in [-0.2, -0.15) is 13.2 Å². The number of ether oxygens (including phenoxy) is 1. The summed E-state index contributed by atoms with van der Waals surface area (Å²) >= 11 is 0. The van der Waals surface area contributed by atoms with Gasteiger partial charge in [-0.15, -0.1) is 0 Å². The van der Waals surface area contributed by atoms with Crippen LogP contribution >= 0.6 is 0 Å². The Hall–Kier alpha value is -1.07. The highest BCUT2D eigenvalue weighted by atomic mass is 19.4. The second-order valence-corrected chi connectivity index (χ2v) is 4.99. The fourth-order valence-electron chi connectivity index (χ4n) is 2.48. The van der Waals surface area contributed by atoms with Crippen molar-refractivity contribution in [1.29, 1.82) is 0 Å². The summed E-state index contributed by atoms with van der Waals surface area (Å²) in [6.45, 7) is 2.55. The smallest absolute Gasteiger partial charge is 0.392 e. The van der Waals surface area contributed by atoms with Gasteiger partial charge >= 0.3 is 6.18 Å². The maximum Gasteiger partial charge on any atom is 0.416 e. The molecule has 0 aliphatic carbocycles. The third-order valence-electron chi connectivity index (χ3n) is 3.66. The van der Waals surface area contributed by atoms with Crippen molar-refractivity contribution in [3.8, 4) is 0 Å². The molecule has 1 aliphatic rings. The Labute approximate surface area is 110 Å². The molecule has 0 aromatic heterocycles. The summed E-state index contributed by atoms with van der Waals surface area (Å²) in [6.07, 6.45) is -3.73. The first-order valence-corrected chi connectivity index (χ1v) is 6.33. The summed E-state index contributed by atoms with van der Waals surface area (Å²) in [5.74, 6) is 0.0577. The van der Waals surface area contributed by atoms with Crippen molar-refractivity contribution >= 4 is 0 Å². The number of hydrogen-bond donors (Lipinski definition) is 1. The van der Waals surface area contributed by atoms with Crippen molar-refractivity contribution in [2.45, 2.75) is 38.1 Å². The molecule has 0 radical (unpaired) electrons. The zero-order chi connectivity index (χ0) is 14.0. The van der Waals surface area contributed by atoms with Gasteiger partial charge in [0.05, 0.1) is 17.8 Å². The van der Waals surface area contributed by atoms with Crippen LogP contribution in [0.4, 0.5) is 13.2 Å². The highest BCUT2D eigenvalue weighted by Gasteiger charge is 2.32. The minimum atomic E-state index is -4.31. The van der Waals surface area contributed by atoms with E-state index in [4.69, 9.17) is 4.74 Å². The molecule has 1 aromatic carbocycles. The Morgan fingerprint density at radius 2 is 1.95 bits per heavy atom. The lowest BCUT2D eigenvalue weighted by Gasteiger charge is -2.21. The van der Waals surface area contributed by atoms with Gasteiger partial charge in [0.15, 0.2) is 0 Å². The van der Waals surface area contributed by atoms with Crippen molar-refractivity contribution < 1.29 is 23.0 Å². The monoisotopic (exact) mass is 274 g/mol. The van der Waals surface area contributed by atoms with Crippen LogP contribution in [0.25, 0.3) is 0 Å². The summed E-state index contributed by atoms with van der Waals surface area (Å²) in [5.41, 5.74) is 0.0444. The predicted molar refractivity (Wildman–Crippen MR) is 64.7 cm³/mol. The zero-order valence-electron chi connectivity index (χ0n) is 10.7. The highest BCUT2D eigenvalue weighted by molar-refractivity contribution is 5.25. The van der Waals surface area contributed by atoms with Crippen LogP contribution in [0, 0.1) is 5.92 Å². The molecular formula is C14H17F3O2. The van der Waals surface area contributed by atoms with Gasteiger partial charge in [-0.25, -0.2) is 0 Å². The number of halogens is 3. The van der Waals surface area contributed by atoms with Gasteiger partial charge in [0.2, 0.25) is 0 Å². The normalized spacial score (nSPS) is 25.5. The number of hydrogen-bond acceptors (Lipinski definition) is 2.